The van der Waals surface area contributed by atoms with Gasteiger partial charge in [-0.25, -0.2) is 9.37 Å². The molecule has 0 atom stereocenters. The van der Waals surface area contributed by atoms with Crippen molar-refractivity contribution in [1.82, 2.24) is 14.9 Å². The molecule has 2 aromatic carbocycles. The molecule has 150 valence electrons. The molecule has 3 aromatic rings. The molecule has 2 heterocycles. The van der Waals surface area contributed by atoms with Gasteiger partial charge in [0.2, 0.25) is 0 Å². The minimum absolute atomic E-state index is 0.0821. The van der Waals surface area contributed by atoms with Crippen LogP contribution in [0.25, 0.3) is 0 Å². The normalized spacial score (nSPS) is 13.9. The number of nitrogens with zero attached hydrogens (tertiary/aromatic N) is 2. The van der Waals surface area contributed by atoms with Crippen LogP contribution >= 0.6 is 11.8 Å². The number of para-hydroxylation sites is 1. The van der Waals surface area contributed by atoms with E-state index in [1.807, 2.05) is 24.3 Å². The predicted octanol–water partition coefficient (Wildman–Crippen LogP) is 3.77. The molecular formula is C22H22FN3O2S. The summed E-state index contributed by atoms with van der Waals surface area (Å²) >= 11 is 1.46. The number of fused-ring (bicyclic) bond motifs is 1. The maximum absolute atomic E-state index is 13.0. The maximum Gasteiger partial charge on any atom is 0.256 e. The number of thioether (sulfide) groups is 1. The number of hydrogen-bond acceptors (Lipinski definition) is 5. The van der Waals surface area contributed by atoms with Crippen molar-refractivity contribution in [2.45, 2.75) is 30.4 Å². The Bertz CT molecular complexity index is 1050. The maximum atomic E-state index is 13.0. The molecule has 0 radical (unpaired) electrons. The molecule has 1 aliphatic heterocycles. The average Bonchev–Trinajstić information content (AvgIpc) is 2.74. The Labute approximate surface area is 172 Å². The molecule has 0 bridgehead atoms. The van der Waals surface area contributed by atoms with Gasteiger partial charge in [0.05, 0.1) is 18.4 Å². The molecule has 0 saturated heterocycles. The third-order valence-electron chi connectivity index (χ3n) is 5.00. The summed E-state index contributed by atoms with van der Waals surface area (Å²) in [5.74, 6) is 1.23. The highest BCUT2D eigenvalue weighted by molar-refractivity contribution is 7.98. The van der Waals surface area contributed by atoms with Gasteiger partial charge in [-0.2, -0.15) is 0 Å². The molecule has 1 aliphatic rings. The first-order chi connectivity index (χ1) is 14.1. The number of halogens is 1. The highest BCUT2D eigenvalue weighted by Gasteiger charge is 2.22. The van der Waals surface area contributed by atoms with Crippen LogP contribution in [0, 0.1) is 5.82 Å². The monoisotopic (exact) mass is 411 g/mol. The number of benzene rings is 2. The van der Waals surface area contributed by atoms with Gasteiger partial charge in [0.25, 0.3) is 5.56 Å². The van der Waals surface area contributed by atoms with Crippen molar-refractivity contribution in [2.24, 2.45) is 0 Å². The van der Waals surface area contributed by atoms with Crippen LogP contribution in [0.4, 0.5) is 4.39 Å². The predicted molar refractivity (Wildman–Crippen MR) is 112 cm³/mol. The Morgan fingerprint density at radius 2 is 2.00 bits per heavy atom. The molecule has 1 aromatic heterocycles. The van der Waals surface area contributed by atoms with Crippen molar-refractivity contribution in [3.05, 3.63) is 87.1 Å². The Morgan fingerprint density at radius 3 is 2.79 bits per heavy atom. The van der Waals surface area contributed by atoms with Crippen LogP contribution in [0.5, 0.6) is 5.75 Å². The van der Waals surface area contributed by atoms with Gasteiger partial charge in [-0.05, 0) is 23.8 Å². The van der Waals surface area contributed by atoms with Gasteiger partial charge in [-0.3, -0.25) is 9.69 Å². The van der Waals surface area contributed by atoms with Crippen molar-refractivity contribution < 1.29 is 9.13 Å². The summed E-state index contributed by atoms with van der Waals surface area (Å²) < 4.78 is 18.5. The third kappa shape index (κ3) is 4.68. The lowest BCUT2D eigenvalue weighted by Crippen LogP contribution is -2.35. The standard InChI is InChI=1S/C22H22FN3O2S/c1-28-20-5-3-2-4-16(20)12-26-11-10-19-18(13-26)21(27)25-22(24-19)29-14-15-6-8-17(23)9-7-15/h2-9H,10-14H2,1H3,(H,24,25,27). The topological polar surface area (TPSA) is 58.2 Å². The molecular weight excluding hydrogens is 389 g/mol. The second-order valence-electron chi connectivity index (χ2n) is 6.98. The van der Waals surface area contributed by atoms with E-state index in [-0.39, 0.29) is 11.4 Å². The summed E-state index contributed by atoms with van der Waals surface area (Å²) in [5, 5.41) is 0.608. The van der Waals surface area contributed by atoms with E-state index in [0.717, 1.165) is 47.6 Å². The molecule has 0 saturated carbocycles. The van der Waals surface area contributed by atoms with E-state index in [1.165, 1.54) is 23.9 Å². The first-order valence-electron chi connectivity index (χ1n) is 9.46. The molecule has 7 heteroatoms. The van der Waals surface area contributed by atoms with Gasteiger partial charge in [0.15, 0.2) is 5.16 Å². The van der Waals surface area contributed by atoms with E-state index in [9.17, 15) is 9.18 Å². The van der Waals surface area contributed by atoms with Crippen LogP contribution in [0.1, 0.15) is 22.4 Å². The zero-order valence-electron chi connectivity index (χ0n) is 16.2. The Hall–Kier alpha value is -2.64. The van der Waals surface area contributed by atoms with Gasteiger partial charge in [-0.15, -0.1) is 0 Å². The van der Waals surface area contributed by atoms with Crippen LogP contribution in [0.3, 0.4) is 0 Å². The minimum atomic E-state index is -0.253. The molecule has 0 aliphatic carbocycles. The number of H-pyrrole nitrogens is 1. The zero-order valence-corrected chi connectivity index (χ0v) is 17.0. The summed E-state index contributed by atoms with van der Waals surface area (Å²) in [6, 6.07) is 14.3. The largest absolute Gasteiger partial charge is 0.496 e. The van der Waals surface area contributed by atoms with Crippen LogP contribution in [-0.4, -0.2) is 28.5 Å². The van der Waals surface area contributed by atoms with Gasteiger partial charge < -0.3 is 9.72 Å². The lowest BCUT2D eigenvalue weighted by Gasteiger charge is -2.28. The first kappa shape index (κ1) is 19.7. The fourth-order valence-corrected chi connectivity index (χ4v) is 4.30. The molecule has 0 unspecified atom stereocenters. The van der Waals surface area contributed by atoms with E-state index in [2.05, 4.69) is 14.9 Å². The molecule has 0 amide bonds. The lowest BCUT2D eigenvalue weighted by molar-refractivity contribution is 0.237. The number of rotatable bonds is 6. The number of aromatic nitrogens is 2. The fourth-order valence-electron chi connectivity index (χ4n) is 3.47. The highest BCUT2D eigenvalue weighted by Crippen LogP contribution is 2.24. The smallest absolute Gasteiger partial charge is 0.256 e. The quantitative estimate of drug-likeness (QED) is 0.494. The van der Waals surface area contributed by atoms with Crippen LogP contribution in [0.15, 0.2) is 58.5 Å². The summed E-state index contributed by atoms with van der Waals surface area (Å²) in [6.07, 6.45) is 0.735. The average molecular weight is 412 g/mol. The second kappa shape index (κ2) is 8.80. The van der Waals surface area contributed by atoms with E-state index >= 15 is 0 Å². The van der Waals surface area contributed by atoms with E-state index in [0.29, 0.717) is 17.5 Å². The second-order valence-corrected chi connectivity index (χ2v) is 7.95. The number of aromatic amines is 1. The van der Waals surface area contributed by atoms with Crippen LogP contribution in [-0.2, 0) is 25.3 Å². The van der Waals surface area contributed by atoms with E-state index in [4.69, 9.17) is 4.74 Å². The Balaban J connectivity index is 1.45. The minimum Gasteiger partial charge on any atom is -0.496 e. The number of methoxy groups -OCH3 is 1. The summed E-state index contributed by atoms with van der Waals surface area (Å²) in [6.45, 7) is 2.13. The number of hydrogen-bond donors (Lipinski definition) is 1. The Morgan fingerprint density at radius 1 is 1.21 bits per heavy atom. The van der Waals surface area contributed by atoms with Gasteiger partial charge in [0.1, 0.15) is 11.6 Å². The van der Waals surface area contributed by atoms with Crippen molar-refractivity contribution >= 4 is 11.8 Å². The van der Waals surface area contributed by atoms with Gasteiger partial charge in [-0.1, -0.05) is 42.1 Å². The third-order valence-corrected chi connectivity index (χ3v) is 5.95. The van der Waals surface area contributed by atoms with Crippen molar-refractivity contribution in [3.63, 3.8) is 0 Å². The summed E-state index contributed by atoms with van der Waals surface area (Å²) in [7, 11) is 1.67. The summed E-state index contributed by atoms with van der Waals surface area (Å²) in [5.41, 5.74) is 3.61. The lowest BCUT2D eigenvalue weighted by atomic mass is 10.1. The molecule has 4 rings (SSSR count). The first-order valence-corrected chi connectivity index (χ1v) is 10.4. The molecule has 1 N–H and O–H groups in total. The van der Waals surface area contributed by atoms with Crippen molar-refractivity contribution in [3.8, 4) is 5.75 Å². The van der Waals surface area contributed by atoms with Crippen LogP contribution < -0.4 is 10.3 Å². The van der Waals surface area contributed by atoms with Gasteiger partial charge >= 0.3 is 0 Å². The zero-order chi connectivity index (χ0) is 20.2. The van der Waals surface area contributed by atoms with E-state index < -0.39 is 0 Å². The highest BCUT2D eigenvalue weighted by atomic mass is 32.2. The Kier molecular flexibility index (Phi) is 5.97. The van der Waals surface area contributed by atoms with Crippen LogP contribution in [0.2, 0.25) is 0 Å². The molecule has 0 fully saturated rings. The number of nitrogens with one attached hydrogen (secondary N) is 1. The summed E-state index contributed by atoms with van der Waals surface area (Å²) in [4.78, 5) is 22.4. The fraction of sp³-hybridized carbons (Fsp3) is 0.273. The van der Waals surface area contributed by atoms with E-state index in [1.54, 1.807) is 19.2 Å². The molecule has 29 heavy (non-hydrogen) atoms. The number of ether oxygens (including phenoxy) is 1. The SMILES string of the molecule is COc1ccccc1CN1CCc2nc(SCc3ccc(F)cc3)[nH]c(=O)c2C1. The van der Waals surface area contributed by atoms with Crippen molar-refractivity contribution in [2.75, 3.05) is 13.7 Å². The molecule has 5 nitrogen and oxygen atoms in total. The molecule has 0 spiro atoms. The van der Waals surface area contributed by atoms with Crippen molar-refractivity contribution in [1.29, 1.82) is 0 Å². The van der Waals surface area contributed by atoms with Gasteiger partial charge in [0, 0.05) is 37.4 Å².